The Morgan fingerprint density at radius 1 is 1.40 bits per heavy atom. The molecule has 4 nitrogen and oxygen atoms in total. The first-order chi connectivity index (χ1) is 9.22. The van der Waals surface area contributed by atoms with E-state index in [9.17, 15) is 12.8 Å². The Morgan fingerprint density at radius 3 is 2.70 bits per heavy atom. The van der Waals surface area contributed by atoms with Crippen LogP contribution in [0, 0.1) is 18.2 Å². The van der Waals surface area contributed by atoms with Gasteiger partial charge in [0, 0.05) is 12.6 Å². The summed E-state index contributed by atoms with van der Waals surface area (Å²) in [6.45, 7) is 7.22. The fourth-order valence-corrected chi connectivity index (χ4v) is 4.22. The van der Waals surface area contributed by atoms with Crippen LogP contribution >= 0.6 is 0 Å². The topological polar surface area (TPSA) is 58.2 Å². The fourth-order valence-electron chi connectivity index (χ4n) is 2.55. The molecule has 1 aromatic carbocycles. The molecule has 1 fully saturated rings. The molecular formula is C14H21FN2O2S. The lowest BCUT2D eigenvalue weighted by Gasteiger charge is -2.39. The van der Waals surface area contributed by atoms with Gasteiger partial charge in [0.25, 0.3) is 0 Å². The highest BCUT2D eigenvalue weighted by atomic mass is 32.2. The molecule has 1 saturated heterocycles. The van der Waals surface area contributed by atoms with E-state index in [0.717, 1.165) is 19.5 Å². The minimum absolute atomic E-state index is 0.127. The maximum Gasteiger partial charge on any atom is 0.241 e. The quantitative estimate of drug-likeness (QED) is 0.895. The van der Waals surface area contributed by atoms with Crippen LogP contribution in [0.1, 0.15) is 25.8 Å². The highest BCUT2D eigenvalue weighted by molar-refractivity contribution is 7.89. The van der Waals surface area contributed by atoms with Gasteiger partial charge in [-0.1, -0.05) is 13.8 Å². The number of aryl methyl sites for hydroxylation is 1. The van der Waals surface area contributed by atoms with Crippen molar-refractivity contribution in [3.8, 4) is 0 Å². The van der Waals surface area contributed by atoms with E-state index in [2.05, 4.69) is 10.0 Å². The summed E-state index contributed by atoms with van der Waals surface area (Å²) in [7, 11) is -3.62. The van der Waals surface area contributed by atoms with Gasteiger partial charge in [-0.05, 0) is 49.1 Å². The van der Waals surface area contributed by atoms with E-state index in [1.54, 1.807) is 6.92 Å². The average molecular weight is 300 g/mol. The summed E-state index contributed by atoms with van der Waals surface area (Å²) in [6, 6.07) is 3.61. The molecule has 0 radical (unpaired) electrons. The van der Waals surface area contributed by atoms with Crippen molar-refractivity contribution < 1.29 is 12.8 Å². The summed E-state index contributed by atoms with van der Waals surface area (Å²) < 4.78 is 40.8. The molecule has 1 atom stereocenters. The van der Waals surface area contributed by atoms with Crippen LogP contribution in [0.25, 0.3) is 0 Å². The number of halogens is 1. The molecule has 1 aromatic rings. The van der Waals surface area contributed by atoms with Crippen LogP contribution < -0.4 is 10.0 Å². The second-order valence-electron chi connectivity index (χ2n) is 6.04. The van der Waals surface area contributed by atoms with Crippen LogP contribution in [-0.2, 0) is 10.0 Å². The van der Waals surface area contributed by atoms with E-state index in [0.29, 0.717) is 5.56 Å². The van der Waals surface area contributed by atoms with Crippen LogP contribution in [0.15, 0.2) is 23.1 Å². The van der Waals surface area contributed by atoms with E-state index in [1.165, 1.54) is 18.2 Å². The molecule has 1 heterocycles. The number of nitrogens with one attached hydrogen (secondary N) is 2. The normalized spacial score (nSPS) is 22.7. The van der Waals surface area contributed by atoms with Gasteiger partial charge < -0.3 is 5.32 Å². The summed E-state index contributed by atoms with van der Waals surface area (Å²) in [5, 5.41) is 3.26. The number of piperidine rings is 1. The predicted molar refractivity (Wildman–Crippen MR) is 76.5 cm³/mol. The van der Waals surface area contributed by atoms with Crippen LogP contribution in [0.4, 0.5) is 4.39 Å². The van der Waals surface area contributed by atoms with Crippen molar-refractivity contribution in [1.82, 2.24) is 10.0 Å². The largest absolute Gasteiger partial charge is 0.316 e. The van der Waals surface area contributed by atoms with E-state index < -0.39 is 15.8 Å². The first-order valence-corrected chi connectivity index (χ1v) is 8.20. The molecule has 0 amide bonds. The summed E-state index contributed by atoms with van der Waals surface area (Å²) in [5.74, 6) is -0.427. The number of rotatable bonds is 3. The van der Waals surface area contributed by atoms with E-state index in [1.807, 2.05) is 13.8 Å². The second-order valence-corrected chi connectivity index (χ2v) is 7.72. The first-order valence-electron chi connectivity index (χ1n) is 6.71. The van der Waals surface area contributed by atoms with Gasteiger partial charge in [0.15, 0.2) is 0 Å². The number of hydrogen-bond donors (Lipinski definition) is 2. The molecule has 2 N–H and O–H groups in total. The molecule has 6 heteroatoms. The van der Waals surface area contributed by atoms with Gasteiger partial charge in [0.2, 0.25) is 10.0 Å². The zero-order chi connectivity index (χ0) is 15.0. The monoisotopic (exact) mass is 300 g/mol. The Balaban J connectivity index is 2.27. The minimum atomic E-state index is -3.62. The zero-order valence-corrected chi connectivity index (χ0v) is 12.8. The van der Waals surface area contributed by atoms with Crippen LogP contribution in [0.5, 0.6) is 0 Å². The molecule has 112 valence electrons. The highest BCUT2D eigenvalue weighted by Crippen LogP contribution is 2.27. The minimum Gasteiger partial charge on any atom is -0.316 e. The van der Waals surface area contributed by atoms with E-state index >= 15 is 0 Å². The molecule has 1 aliphatic rings. The van der Waals surface area contributed by atoms with Gasteiger partial charge in [0.1, 0.15) is 5.82 Å². The molecular weight excluding hydrogens is 279 g/mol. The lowest BCUT2D eigenvalue weighted by atomic mass is 9.81. The van der Waals surface area contributed by atoms with E-state index in [4.69, 9.17) is 0 Å². The number of sulfonamides is 1. The predicted octanol–water partition coefficient (Wildman–Crippen LogP) is 1.80. The highest BCUT2D eigenvalue weighted by Gasteiger charge is 2.35. The Hall–Kier alpha value is -0.980. The van der Waals surface area contributed by atoms with Gasteiger partial charge >= 0.3 is 0 Å². The second kappa shape index (κ2) is 5.42. The van der Waals surface area contributed by atoms with Gasteiger partial charge in [-0.3, -0.25) is 0 Å². The first kappa shape index (κ1) is 15.4. The van der Waals surface area contributed by atoms with Gasteiger partial charge in [-0.15, -0.1) is 0 Å². The Morgan fingerprint density at radius 2 is 2.10 bits per heavy atom. The summed E-state index contributed by atoms with van der Waals surface area (Å²) >= 11 is 0. The van der Waals surface area contributed by atoms with Crippen molar-refractivity contribution in [2.75, 3.05) is 13.1 Å². The molecule has 20 heavy (non-hydrogen) atoms. The molecule has 0 aliphatic carbocycles. The lowest BCUT2D eigenvalue weighted by molar-refractivity contribution is 0.206. The third-order valence-corrected chi connectivity index (χ3v) is 5.49. The molecule has 0 aromatic heterocycles. The van der Waals surface area contributed by atoms with Crippen LogP contribution in [0.2, 0.25) is 0 Å². The number of benzene rings is 1. The van der Waals surface area contributed by atoms with Crippen molar-refractivity contribution in [3.05, 3.63) is 29.6 Å². The Labute approximate surface area is 119 Å². The van der Waals surface area contributed by atoms with Crippen molar-refractivity contribution in [2.24, 2.45) is 5.41 Å². The van der Waals surface area contributed by atoms with Gasteiger partial charge in [-0.25, -0.2) is 17.5 Å². The fraction of sp³-hybridized carbons (Fsp3) is 0.571. The van der Waals surface area contributed by atoms with Gasteiger partial charge in [-0.2, -0.15) is 0 Å². The third kappa shape index (κ3) is 3.19. The van der Waals surface area contributed by atoms with E-state index in [-0.39, 0.29) is 16.4 Å². The molecule has 2 rings (SSSR count). The van der Waals surface area contributed by atoms with Crippen LogP contribution in [0.3, 0.4) is 0 Å². The zero-order valence-electron chi connectivity index (χ0n) is 12.0. The molecule has 0 bridgehead atoms. The molecule has 1 unspecified atom stereocenters. The SMILES string of the molecule is Cc1cc(F)ccc1S(=O)(=O)NC1CCNCC1(C)C. The lowest BCUT2D eigenvalue weighted by Crippen LogP contribution is -2.54. The maximum atomic E-state index is 13.1. The van der Waals surface area contributed by atoms with Crippen molar-refractivity contribution in [1.29, 1.82) is 0 Å². The summed E-state index contributed by atoms with van der Waals surface area (Å²) in [5.41, 5.74) is 0.267. The summed E-state index contributed by atoms with van der Waals surface area (Å²) in [4.78, 5) is 0.147. The molecule has 1 aliphatic heterocycles. The van der Waals surface area contributed by atoms with Crippen LogP contribution in [-0.4, -0.2) is 27.5 Å². The maximum absolute atomic E-state index is 13.1. The van der Waals surface area contributed by atoms with Gasteiger partial charge in [0.05, 0.1) is 4.90 Å². The smallest absolute Gasteiger partial charge is 0.241 e. The Kier molecular flexibility index (Phi) is 4.18. The summed E-state index contributed by atoms with van der Waals surface area (Å²) in [6.07, 6.45) is 0.743. The molecule has 0 saturated carbocycles. The standard InChI is InChI=1S/C14H21FN2O2S/c1-10-8-11(15)4-5-12(10)20(18,19)17-13-6-7-16-9-14(13,2)3/h4-5,8,13,16-17H,6-7,9H2,1-3H3. The average Bonchev–Trinajstić information content (AvgIpc) is 2.31. The van der Waals surface area contributed by atoms with Crippen molar-refractivity contribution in [2.45, 2.75) is 38.1 Å². The molecule has 0 spiro atoms. The van der Waals surface area contributed by atoms with Crippen molar-refractivity contribution in [3.63, 3.8) is 0 Å². The third-order valence-electron chi connectivity index (χ3n) is 3.86. The van der Waals surface area contributed by atoms with Crippen molar-refractivity contribution >= 4 is 10.0 Å². The Bertz CT molecular complexity index is 599. The number of hydrogen-bond acceptors (Lipinski definition) is 3.